The Morgan fingerprint density at radius 1 is 1.39 bits per heavy atom. The zero-order valence-electron chi connectivity index (χ0n) is 10.2. The molecule has 0 aliphatic heterocycles. The highest BCUT2D eigenvalue weighted by Crippen LogP contribution is 2.20. The molecule has 1 aromatic carbocycles. The number of rotatable bonds is 3. The average molecular weight is 324 g/mol. The van der Waals surface area contributed by atoms with E-state index in [2.05, 4.69) is 21.2 Å². The fourth-order valence-electron chi connectivity index (χ4n) is 1.67. The number of amides is 1. The number of benzene rings is 1. The van der Waals surface area contributed by atoms with Crippen molar-refractivity contribution in [2.45, 2.75) is 19.9 Å². The summed E-state index contributed by atoms with van der Waals surface area (Å²) in [6.45, 7) is 3.97. The normalized spacial score (nSPS) is 12.2. The summed E-state index contributed by atoms with van der Waals surface area (Å²) in [5.74, 6) is -0.0356. The second-order valence-electron chi connectivity index (χ2n) is 4.17. The van der Waals surface area contributed by atoms with Crippen LogP contribution in [-0.2, 0) is 0 Å². The Morgan fingerprint density at radius 3 is 2.78 bits per heavy atom. The van der Waals surface area contributed by atoms with Gasteiger partial charge in [-0.25, -0.2) is 0 Å². The third kappa shape index (κ3) is 3.00. The van der Waals surface area contributed by atoms with Gasteiger partial charge in [-0.2, -0.15) is 0 Å². The average Bonchev–Trinajstić information content (AvgIpc) is 2.86. The fraction of sp³-hybridized carbons (Fsp3) is 0.214. The number of carbonyl (C=O) groups excluding carboxylic acids is 1. The molecule has 0 saturated carbocycles. The maximum atomic E-state index is 12.1. The Kier molecular flexibility index (Phi) is 4.19. The topological polar surface area (TPSA) is 29.1 Å². The molecule has 0 aliphatic carbocycles. The zero-order valence-corrected chi connectivity index (χ0v) is 12.6. The first-order chi connectivity index (χ1) is 8.58. The fourth-order valence-corrected chi connectivity index (χ4v) is 2.66. The quantitative estimate of drug-likeness (QED) is 0.895. The summed E-state index contributed by atoms with van der Waals surface area (Å²) in [5, 5.41) is 5.02. The number of hydrogen-bond acceptors (Lipinski definition) is 2. The van der Waals surface area contributed by atoms with E-state index in [1.54, 1.807) is 11.3 Å². The van der Waals surface area contributed by atoms with Crippen molar-refractivity contribution in [2.24, 2.45) is 0 Å². The van der Waals surface area contributed by atoms with Crippen LogP contribution in [0.2, 0.25) is 0 Å². The van der Waals surface area contributed by atoms with Gasteiger partial charge in [-0.05, 0) is 49.1 Å². The van der Waals surface area contributed by atoms with Crippen molar-refractivity contribution >= 4 is 33.2 Å². The molecule has 2 aromatic rings. The van der Waals surface area contributed by atoms with Gasteiger partial charge in [-0.1, -0.05) is 22.0 Å². The van der Waals surface area contributed by atoms with E-state index < -0.39 is 0 Å². The molecule has 1 unspecified atom stereocenters. The lowest BCUT2D eigenvalue weighted by Gasteiger charge is -2.12. The van der Waals surface area contributed by atoms with Crippen molar-refractivity contribution in [3.8, 4) is 0 Å². The van der Waals surface area contributed by atoms with E-state index >= 15 is 0 Å². The monoisotopic (exact) mass is 323 g/mol. The molecule has 18 heavy (non-hydrogen) atoms. The van der Waals surface area contributed by atoms with Crippen molar-refractivity contribution in [3.63, 3.8) is 0 Å². The van der Waals surface area contributed by atoms with Gasteiger partial charge in [0.05, 0.1) is 6.04 Å². The summed E-state index contributed by atoms with van der Waals surface area (Å²) in [5.41, 5.74) is 1.76. The van der Waals surface area contributed by atoms with Crippen LogP contribution in [0.4, 0.5) is 0 Å². The summed E-state index contributed by atoms with van der Waals surface area (Å²) < 4.78 is 1.02. The lowest BCUT2D eigenvalue weighted by atomic mass is 10.1. The minimum Gasteiger partial charge on any atom is -0.345 e. The molecule has 1 atom stereocenters. The van der Waals surface area contributed by atoms with E-state index in [-0.39, 0.29) is 11.9 Å². The maximum absolute atomic E-state index is 12.1. The smallest absolute Gasteiger partial charge is 0.251 e. The van der Waals surface area contributed by atoms with E-state index in [0.29, 0.717) is 5.56 Å². The first-order valence-corrected chi connectivity index (χ1v) is 7.35. The van der Waals surface area contributed by atoms with E-state index in [0.717, 1.165) is 14.9 Å². The Bertz CT molecular complexity index is 551. The van der Waals surface area contributed by atoms with Crippen LogP contribution in [0.5, 0.6) is 0 Å². The molecule has 2 nitrogen and oxygen atoms in total. The molecule has 0 spiro atoms. The van der Waals surface area contributed by atoms with E-state index in [4.69, 9.17) is 0 Å². The van der Waals surface area contributed by atoms with Gasteiger partial charge in [-0.15, -0.1) is 11.3 Å². The van der Waals surface area contributed by atoms with Crippen molar-refractivity contribution in [1.82, 2.24) is 5.32 Å². The number of halogens is 1. The molecule has 0 aliphatic rings. The van der Waals surface area contributed by atoms with Crippen LogP contribution in [0, 0.1) is 6.92 Å². The van der Waals surface area contributed by atoms with Gasteiger partial charge in [0.1, 0.15) is 0 Å². The van der Waals surface area contributed by atoms with Crippen LogP contribution in [0.25, 0.3) is 0 Å². The molecule has 0 bridgehead atoms. The van der Waals surface area contributed by atoms with Crippen LogP contribution >= 0.6 is 27.3 Å². The van der Waals surface area contributed by atoms with Gasteiger partial charge in [0.15, 0.2) is 0 Å². The molecule has 1 N–H and O–H groups in total. The molecule has 1 amide bonds. The Hall–Kier alpha value is -1.13. The summed E-state index contributed by atoms with van der Waals surface area (Å²) in [7, 11) is 0. The van der Waals surface area contributed by atoms with Crippen molar-refractivity contribution < 1.29 is 4.79 Å². The third-order valence-electron chi connectivity index (χ3n) is 2.74. The highest BCUT2D eigenvalue weighted by Gasteiger charge is 2.12. The maximum Gasteiger partial charge on any atom is 0.251 e. The van der Waals surface area contributed by atoms with Crippen LogP contribution in [0.3, 0.4) is 0 Å². The van der Waals surface area contributed by atoms with E-state index in [1.807, 2.05) is 49.6 Å². The van der Waals surface area contributed by atoms with Crippen molar-refractivity contribution in [1.29, 1.82) is 0 Å². The van der Waals surface area contributed by atoms with Crippen LogP contribution < -0.4 is 5.32 Å². The molecule has 2 rings (SSSR count). The molecule has 0 fully saturated rings. The predicted molar refractivity (Wildman–Crippen MR) is 79.1 cm³/mol. The predicted octanol–water partition coefficient (Wildman–Crippen LogP) is 4.31. The standard InChI is InChI=1S/C14H14BrNOS/c1-9-8-11(5-6-12(9)15)14(17)16-10(2)13-4-3-7-18-13/h3-8,10H,1-2H3,(H,16,17). The van der Waals surface area contributed by atoms with Crippen LogP contribution in [0.15, 0.2) is 40.2 Å². The summed E-state index contributed by atoms with van der Waals surface area (Å²) >= 11 is 5.08. The second-order valence-corrected chi connectivity index (χ2v) is 6.01. The molecular weight excluding hydrogens is 310 g/mol. The van der Waals surface area contributed by atoms with Crippen molar-refractivity contribution in [2.75, 3.05) is 0 Å². The first-order valence-electron chi connectivity index (χ1n) is 5.68. The van der Waals surface area contributed by atoms with Crippen molar-refractivity contribution in [3.05, 3.63) is 56.2 Å². The SMILES string of the molecule is Cc1cc(C(=O)NC(C)c2cccs2)ccc1Br. The number of nitrogens with one attached hydrogen (secondary N) is 1. The molecule has 4 heteroatoms. The van der Waals surface area contributed by atoms with E-state index in [1.165, 1.54) is 0 Å². The first kappa shape index (κ1) is 13.3. The Labute approximate surface area is 119 Å². The van der Waals surface area contributed by atoms with Gasteiger partial charge in [0.25, 0.3) is 5.91 Å². The minimum absolute atomic E-state index is 0.0356. The molecule has 1 heterocycles. The van der Waals surface area contributed by atoms with Gasteiger partial charge in [-0.3, -0.25) is 4.79 Å². The Morgan fingerprint density at radius 2 is 2.17 bits per heavy atom. The second kappa shape index (κ2) is 5.67. The third-order valence-corrected chi connectivity index (χ3v) is 4.68. The molecule has 0 saturated heterocycles. The van der Waals surface area contributed by atoms with E-state index in [9.17, 15) is 4.79 Å². The molecule has 0 radical (unpaired) electrons. The summed E-state index contributed by atoms with van der Waals surface area (Å²) in [4.78, 5) is 13.3. The number of carbonyl (C=O) groups is 1. The summed E-state index contributed by atoms with van der Waals surface area (Å²) in [6, 6.07) is 9.68. The number of aryl methyl sites for hydroxylation is 1. The minimum atomic E-state index is -0.0356. The number of hydrogen-bond donors (Lipinski definition) is 1. The molecule has 94 valence electrons. The van der Waals surface area contributed by atoms with Gasteiger partial charge < -0.3 is 5.32 Å². The lowest BCUT2D eigenvalue weighted by Crippen LogP contribution is -2.26. The zero-order chi connectivity index (χ0) is 13.1. The molecule has 1 aromatic heterocycles. The highest BCUT2D eigenvalue weighted by atomic mass is 79.9. The van der Waals surface area contributed by atoms with Crippen LogP contribution in [-0.4, -0.2) is 5.91 Å². The lowest BCUT2D eigenvalue weighted by molar-refractivity contribution is 0.0940. The summed E-state index contributed by atoms with van der Waals surface area (Å²) in [6.07, 6.45) is 0. The van der Waals surface area contributed by atoms with Crippen LogP contribution in [0.1, 0.15) is 33.8 Å². The van der Waals surface area contributed by atoms with Gasteiger partial charge >= 0.3 is 0 Å². The molecular formula is C14H14BrNOS. The van der Waals surface area contributed by atoms with Gasteiger partial charge in [0, 0.05) is 14.9 Å². The number of thiophene rings is 1. The highest BCUT2D eigenvalue weighted by molar-refractivity contribution is 9.10. The van der Waals surface area contributed by atoms with Gasteiger partial charge in [0.2, 0.25) is 0 Å². The largest absolute Gasteiger partial charge is 0.345 e. The Balaban J connectivity index is 2.10.